The minimum atomic E-state index is 0.112. The van der Waals surface area contributed by atoms with E-state index >= 15 is 0 Å². The first-order valence-electron chi connectivity index (χ1n) is 9.29. The molecule has 0 bridgehead atoms. The number of hydrogen-bond acceptors (Lipinski definition) is 5. The van der Waals surface area contributed by atoms with Crippen LogP contribution in [-0.4, -0.2) is 48.6 Å². The summed E-state index contributed by atoms with van der Waals surface area (Å²) in [4.78, 5) is 21.7. The molecule has 4 rings (SSSR count). The maximum absolute atomic E-state index is 12.7. The number of aryl methyl sites for hydroxylation is 1. The molecule has 2 aromatic carbocycles. The molecule has 0 radical (unpaired) electrons. The van der Waals surface area contributed by atoms with E-state index in [2.05, 4.69) is 11.0 Å². The summed E-state index contributed by atoms with van der Waals surface area (Å²) in [7, 11) is 0. The smallest absolute Gasteiger partial charge is 0.253 e. The quantitative estimate of drug-likeness (QED) is 0.686. The number of nitrogens with zero attached hydrogens (tertiary/aromatic N) is 3. The molecule has 1 aromatic heterocycles. The Balaban J connectivity index is 1.47. The van der Waals surface area contributed by atoms with Crippen molar-refractivity contribution in [1.29, 1.82) is 0 Å². The Hall–Kier alpha value is -2.60. The first kappa shape index (κ1) is 17.8. The molecule has 0 saturated carbocycles. The minimum Gasteiger partial charge on any atom is -0.492 e. The molecule has 3 aromatic rings. The standard InChI is InChI=1S/C21H23N3O2S/c1-3-26-17-8-5-9-18-19(17)22-21(27-18)24-12-10-23(11-13-24)20(25)16-7-4-6-15(2)14-16/h4-9,14H,3,10-13H2,1-2H3. The first-order valence-corrected chi connectivity index (χ1v) is 10.1. The molecule has 1 fully saturated rings. The number of benzene rings is 2. The Morgan fingerprint density at radius 1 is 1.15 bits per heavy atom. The van der Waals surface area contributed by atoms with Gasteiger partial charge in [0.15, 0.2) is 5.13 Å². The number of amides is 1. The molecule has 0 aliphatic carbocycles. The zero-order valence-electron chi connectivity index (χ0n) is 15.6. The highest BCUT2D eigenvalue weighted by Crippen LogP contribution is 2.34. The lowest BCUT2D eigenvalue weighted by Gasteiger charge is -2.34. The van der Waals surface area contributed by atoms with Gasteiger partial charge in [0.2, 0.25) is 0 Å². The maximum Gasteiger partial charge on any atom is 0.253 e. The van der Waals surface area contributed by atoms with Crippen LogP contribution in [-0.2, 0) is 0 Å². The van der Waals surface area contributed by atoms with Gasteiger partial charge < -0.3 is 14.5 Å². The normalized spacial score (nSPS) is 14.6. The number of anilines is 1. The molecule has 0 spiro atoms. The summed E-state index contributed by atoms with van der Waals surface area (Å²) in [5.41, 5.74) is 2.81. The van der Waals surface area contributed by atoms with Crippen molar-refractivity contribution in [3.63, 3.8) is 0 Å². The van der Waals surface area contributed by atoms with E-state index in [0.29, 0.717) is 19.7 Å². The molecule has 27 heavy (non-hydrogen) atoms. The molecule has 0 N–H and O–H groups in total. The number of aromatic nitrogens is 1. The van der Waals surface area contributed by atoms with Crippen LogP contribution < -0.4 is 9.64 Å². The van der Waals surface area contributed by atoms with Crippen molar-refractivity contribution in [3.05, 3.63) is 53.6 Å². The molecule has 0 unspecified atom stereocenters. The fourth-order valence-corrected chi connectivity index (χ4v) is 4.42. The second-order valence-corrected chi connectivity index (χ2v) is 7.69. The third-order valence-electron chi connectivity index (χ3n) is 4.77. The highest BCUT2D eigenvalue weighted by Gasteiger charge is 2.24. The number of para-hydroxylation sites is 1. The molecule has 6 heteroatoms. The Morgan fingerprint density at radius 2 is 1.93 bits per heavy atom. The van der Waals surface area contributed by atoms with Crippen molar-refractivity contribution in [1.82, 2.24) is 9.88 Å². The third-order valence-corrected chi connectivity index (χ3v) is 5.85. The largest absolute Gasteiger partial charge is 0.492 e. The van der Waals surface area contributed by atoms with Crippen LogP contribution in [0.4, 0.5) is 5.13 Å². The number of carbonyl (C=O) groups excluding carboxylic acids is 1. The van der Waals surface area contributed by atoms with Crippen LogP contribution in [0.3, 0.4) is 0 Å². The molecular formula is C21H23N3O2S. The highest BCUT2D eigenvalue weighted by molar-refractivity contribution is 7.22. The summed E-state index contributed by atoms with van der Waals surface area (Å²) >= 11 is 1.68. The fourth-order valence-electron chi connectivity index (χ4n) is 3.38. The van der Waals surface area contributed by atoms with E-state index in [4.69, 9.17) is 9.72 Å². The molecule has 1 saturated heterocycles. The number of fused-ring (bicyclic) bond motifs is 1. The monoisotopic (exact) mass is 381 g/mol. The summed E-state index contributed by atoms with van der Waals surface area (Å²) in [5, 5.41) is 1.000. The first-order chi connectivity index (χ1) is 13.2. The Morgan fingerprint density at radius 3 is 2.67 bits per heavy atom. The number of hydrogen-bond donors (Lipinski definition) is 0. The lowest BCUT2D eigenvalue weighted by atomic mass is 10.1. The van der Waals surface area contributed by atoms with Crippen LogP contribution in [0.15, 0.2) is 42.5 Å². The van der Waals surface area contributed by atoms with Crippen LogP contribution in [0, 0.1) is 6.92 Å². The van der Waals surface area contributed by atoms with Gasteiger partial charge in [-0.25, -0.2) is 4.98 Å². The predicted molar refractivity (Wildman–Crippen MR) is 110 cm³/mol. The van der Waals surface area contributed by atoms with Gasteiger partial charge in [0.05, 0.1) is 11.3 Å². The van der Waals surface area contributed by atoms with Gasteiger partial charge >= 0.3 is 0 Å². The Kier molecular flexibility index (Phi) is 4.99. The van der Waals surface area contributed by atoms with Crippen molar-refractivity contribution in [3.8, 4) is 5.75 Å². The fraction of sp³-hybridized carbons (Fsp3) is 0.333. The number of rotatable bonds is 4. The van der Waals surface area contributed by atoms with Crippen molar-refractivity contribution in [2.75, 3.05) is 37.7 Å². The van der Waals surface area contributed by atoms with E-state index < -0.39 is 0 Å². The summed E-state index contributed by atoms with van der Waals surface area (Å²) in [6.45, 7) is 7.63. The van der Waals surface area contributed by atoms with E-state index in [-0.39, 0.29) is 5.91 Å². The summed E-state index contributed by atoms with van der Waals surface area (Å²) in [6.07, 6.45) is 0. The molecule has 0 atom stereocenters. The van der Waals surface area contributed by atoms with Crippen LogP contribution >= 0.6 is 11.3 Å². The van der Waals surface area contributed by atoms with E-state index in [1.807, 2.05) is 55.1 Å². The molecular weight excluding hydrogens is 358 g/mol. The molecule has 1 aliphatic rings. The lowest BCUT2D eigenvalue weighted by molar-refractivity contribution is 0.0746. The molecule has 140 valence electrons. The number of carbonyl (C=O) groups is 1. The van der Waals surface area contributed by atoms with Gasteiger partial charge in [-0.3, -0.25) is 4.79 Å². The molecule has 5 nitrogen and oxygen atoms in total. The second kappa shape index (κ2) is 7.56. The molecule has 2 heterocycles. The zero-order valence-corrected chi connectivity index (χ0v) is 16.5. The molecule has 1 amide bonds. The van der Waals surface area contributed by atoms with E-state index in [1.165, 1.54) is 0 Å². The van der Waals surface area contributed by atoms with Crippen molar-refractivity contribution < 1.29 is 9.53 Å². The van der Waals surface area contributed by atoms with Crippen molar-refractivity contribution in [2.45, 2.75) is 13.8 Å². The SMILES string of the molecule is CCOc1cccc2sc(N3CCN(C(=O)c4cccc(C)c4)CC3)nc12. The Bertz CT molecular complexity index is 961. The number of ether oxygens (including phenoxy) is 1. The van der Waals surface area contributed by atoms with Crippen molar-refractivity contribution >= 4 is 32.6 Å². The van der Waals surface area contributed by atoms with E-state index in [0.717, 1.165) is 45.3 Å². The van der Waals surface area contributed by atoms with Crippen LogP contribution in [0.25, 0.3) is 10.2 Å². The van der Waals surface area contributed by atoms with E-state index in [1.54, 1.807) is 11.3 Å². The summed E-state index contributed by atoms with van der Waals surface area (Å²) < 4.78 is 6.83. The van der Waals surface area contributed by atoms with Crippen LogP contribution in [0.5, 0.6) is 5.75 Å². The summed E-state index contributed by atoms with van der Waals surface area (Å²) in [5.74, 6) is 0.951. The Labute approximate surface area is 163 Å². The summed E-state index contributed by atoms with van der Waals surface area (Å²) in [6, 6.07) is 13.9. The van der Waals surface area contributed by atoms with Gasteiger partial charge in [0.1, 0.15) is 11.3 Å². The predicted octanol–water partition coefficient (Wildman–Crippen LogP) is 3.97. The number of thiazole rings is 1. The van der Waals surface area contributed by atoms with Gasteiger partial charge in [-0.05, 0) is 38.1 Å². The van der Waals surface area contributed by atoms with E-state index in [9.17, 15) is 4.79 Å². The molecule has 1 aliphatic heterocycles. The van der Waals surface area contributed by atoms with Crippen molar-refractivity contribution in [2.24, 2.45) is 0 Å². The average Bonchev–Trinajstić information content (AvgIpc) is 3.13. The van der Waals surface area contributed by atoms with Gasteiger partial charge in [0, 0.05) is 31.7 Å². The third kappa shape index (κ3) is 3.62. The van der Waals surface area contributed by atoms with Crippen LogP contribution in [0.1, 0.15) is 22.8 Å². The van der Waals surface area contributed by atoms with Gasteiger partial charge in [0.25, 0.3) is 5.91 Å². The highest BCUT2D eigenvalue weighted by atomic mass is 32.1. The van der Waals surface area contributed by atoms with Gasteiger partial charge in [-0.15, -0.1) is 0 Å². The lowest BCUT2D eigenvalue weighted by Crippen LogP contribution is -2.48. The second-order valence-electron chi connectivity index (χ2n) is 6.68. The van der Waals surface area contributed by atoms with Gasteiger partial charge in [-0.2, -0.15) is 0 Å². The minimum absolute atomic E-state index is 0.112. The number of piperazine rings is 1. The zero-order chi connectivity index (χ0) is 18.8. The van der Waals surface area contributed by atoms with Gasteiger partial charge in [-0.1, -0.05) is 35.1 Å². The average molecular weight is 382 g/mol. The maximum atomic E-state index is 12.7. The van der Waals surface area contributed by atoms with Crippen LogP contribution in [0.2, 0.25) is 0 Å². The topological polar surface area (TPSA) is 45.7 Å².